The van der Waals surface area contributed by atoms with E-state index in [0.717, 1.165) is 12.1 Å². The number of carbonyl (C=O) groups excluding carboxylic acids is 1. The standard InChI is InChI=1S/C9H7BrClF2NO/c10-6-1-4(12)2-8(13)5(6)3-7(11)9(14)15/h1-2,7H,3H2,(H2,14,15). The Labute approximate surface area is 98.5 Å². The van der Waals surface area contributed by atoms with Crippen molar-refractivity contribution in [3.63, 3.8) is 0 Å². The number of hydrogen-bond donors (Lipinski definition) is 1. The molecule has 0 aliphatic carbocycles. The largest absolute Gasteiger partial charge is 0.368 e. The van der Waals surface area contributed by atoms with Crippen LogP contribution in [0.1, 0.15) is 5.56 Å². The summed E-state index contributed by atoms with van der Waals surface area (Å²) in [4.78, 5) is 10.7. The minimum atomic E-state index is -1.01. The van der Waals surface area contributed by atoms with Gasteiger partial charge in [0.25, 0.3) is 0 Å². The molecular formula is C9H7BrClF2NO. The molecule has 0 aliphatic heterocycles. The first-order chi connectivity index (χ1) is 6.91. The van der Waals surface area contributed by atoms with E-state index < -0.39 is 22.9 Å². The number of carbonyl (C=O) groups is 1. The quantitative estimate of drug-likeness (QED) is 0.855. The van der Waals surface area contributed by atoms with Crippen molar-refractivity contribution >= 4 is 33.4 Å². The number of amides is 1. The van der Waals surface area contributed by atoms with Crippen LogP contribution in [0, 0.1) is 11.6 Å². The molecule has 0 fully saturated rings. The zero-order chi connectivity index (χ0) is 11.6. The van der Waals surface area contributed by atoms with Crippen LogP contribution in [0.15, 0.2) is 16.6 Å². The Morgan fingerprint density at radius 1 is 1.53 bits per heavy atom. The first-order valence-electron chi connectivity index (χ1n) is 3.98. The molecule has 1 atom stereocenters. The predicted octanol–water partition coefficient (Wildman–Crippen LogP) is 2.36. The second kappa shape index (κ2) is 4.90. The molecule has 2 nitrogen and oxygen atoms in total. The third-order valence-electron chi connectivity index (χ3n) is 1.80. The third kappa shape index (κ3) is 3.14. The first-order valence-corrected chi connectivity index (χ1v) is 5.21. The molecule has 0 saturated carbocycles. The van der Waals surface area contributed by atoms with Crippen molar-refractivity contribution in [1.82, 2.24) is 0 Å². The van der Waals surface area contributed by atoms with Crippen LogP contribution in [0.3, 0.4) is 0 Å². The molecule has 0 heterocycles. The molecule has 0 saturated heterocycles. The summed E-state index contributed by atoms with van der Waals surface area (Å²) in [6.45, 7) is 0. The van der Waals surface area contributed by atoms with Gasteiger partial charge < -0.3 is 5.73 Å². The smallest absolute Gasteiger partial charge is 0.235 e. The van der Waals surface area contributed by atoms with E-state index in [4.69, 9.17) is 17.3 Å². The second-order valence-corrected chi connectivity index (χ2v) is 4.30. The van der Waals surface area contributed by atoms with Crippen LogP contribution in [0.25, 0.3) is 0 Å². The molecule has 0 radical (unpaired) electrons. The minimum absolute atomic E-state index is 0.0798. The van der Waals surface area contributed by atoms with Gasteiger partial charge in [0.05, 0.1) is 0 Å². The van der Waals surface area contributed by atoms with Gasteiger partial charge in [0.15, 0.2) is 0 Å². The molecular weight excluding hydrogens is 291 g/mol. The number of halogens is 4. The summed E-state index contributed by atoms with van der Waals surface area (Å²) in [5.41, 5.74) is 5.07. The molecule has 0 aliphatic rings. The summed E-state index contributed by atoms with van der Waals surface area (Å²) in [5, 5.41) is -1.01. The molecule has 0 aromatic heterocycles. The van der Waals surface area contributed by atoms with E-state index in [0.29, 0.717) is 0 Å². The third-order valence-corrected chi connectivity index (χ3v) is 2.87. The van der Waals surface area contributed by atoms with Gasteiger partial charge in [-0.2, -0.15) is 0 Å². The number of hydrogen-bond acceptors (Lipinski definition) is 1. The van der Waals surface area contributed by atoms with Crippen molar-refractivity contribution in [3.05, 3.63) is 33.8 Å². The summed E-state index contributed by atoms with van der Waals surface area (Å²) in [6.07, 6.45) is -0.0798. The van der Waals surface area contributed by atoms with E-state index >= 15 is 0 Å². The van der Waals surface area contributed by atoms with Crippen molar-refractivity contribution < 1.29 is 13.6 Å². The van der Waals surface area contributed by atoms with Gasteiger partial charge in [-0.05, 0) is 6.07 Å². The van der Waals surface area contributed by atoms with E-state index in [1.807, 2.05) is 0 Å². The number of primary amides is 1. The monoisotopic (exact) mass is 297 g/mol. The highest BCUT2D eigenvalue weighted by atomic mass is 79.9. The SMILES string of the molecule is NC(=O)C(Cl)Cc1c(F)cc(F)cc1Br. The molecule has 6 heteroatoms. The van der Waals surface area contributed by atoms with Gasteiger partial charge in [-0.1, -0.05) is 15.9 Å². The van der Waals surface area contributed by atoms with Crippen LogP contribution in [0.2, 0.25) is 0 Å². The normalized spacial score (nSPS) is 12.5. The van der Waals surface area contributed by atoms with Gasteiger partial charge in [-0.25, -0.2) is 8.78 Å². The summed E-state index contributed by atoms with van der Waals surface area (Å²) in [6, 6.07) is 1.83. The molecule has 1 unspecified atom stereocenters. The minimum Gasteiger partial charge on any atom is -0.368 e. The van der Waals surface area contributed by atoms with Crippen LogP contribution in [0.5, 0.6) is 0 Å². The van der Waals surface area contributed by atoms with E-state index in [1.165, 1.54) is 0 Å². The number of nitrogens with two attached hydrogens (primary N) is 1. The molecule has 0 spiro atoms. The zero-order valence-electron chi connectivity index (χ0n) is 7.44. The van der Waals surface area contributed by atoms with Gasteiger partial charge in [0, 0.05) is 22.5 Å². The highest BCUT2D eigenvalue weighted by molar-refractivity contribution is 9.10. The maximum Gasteiger partial charge on any atom is 0.235 e. The highest BCUT2D eigenvalue weighted by Crippen LogP contribution is 2.24. The molecule has 1 rings (SSSR count). The fraction of sp³-hybridized carbons (Fsp3) is 0.222. The van der Waals surface area contributed by atoms with E-state index in [1.54, 1.807) is 0 Å². The fourth-order valence-corrected chi connectivity index (χ4v) is 1.77. The second-order valence-electron chi connectivity index (χ2n) is 2.92. The molecule has 1 aromatic rings. The van der Waals surface area contributed by atoms with Crippen LogP contribution < -0.4 is 5.73 Å². The van der Waals surface area contributed by atoms with Crippen molar-refractivity contribution in [1.29, 1.82) is 0 Å². The Morgan fingerprint density at radius 3 is 2.60 bits per heavy atom. The molecule has 2 N–H and O–H groups in total. The number of rotatable bonds is 3. The lowest BCUT2D eigenvalue weighted by atomic mass is 10.1. The first kappa shape index (κ1) is 12.4. The number of benzene rings is 1. The maximum atomic E-state index is 13.3. The lowest BCUT2D eigenvalue weighted by Gasteiger charge is -2.08. The summed E-state index contributed by atoms with van der Waals surface area (Å²) in [5.74, 6) is -2.20. The highest BCUT2D eigenvalue weighted by Gasteiger charge is 2.17. The van der Waals surface area contributed by atoms with Gasteiger partial charge in [0.1, 0.15) is 17.0 Å². The average Bonchev–Trinajstić information content (AvgIpc) is 2.10. The predicted molar refractivity (Wildman–Crippen MR) is 56.6 cm³/mol. The number of alkyl halides is 1. The fourth-order valence-electron chi connectivity index (χ4n) is 1.05. The van der Waals surface area contributed by atoms with Crippen molar-refractivity contribution in [3.8, 4) is 0 Å². The van der Waals surface area contributed by atoms with Gasteiger partial charge >= 0.3 is 0 Å². The van der Waals surface area contributed by atoms with Crippen molar-refractivity contribution in [2.45, 2.75) is 11.8 Å². The van der Waals surface area contributed by atoms with E-state index in [9.17, 15) is 13.6 Å². The zero-order valence-corrected chi connectivity index (χ0v) is 9.78. The summed E-state index contributed by atoms with van der Waals surface area (Å²) < 4.78 is 26.2. The molecule has 0 bridgehead atoms. The Hall–Kier alpha value is -0.680. The lowest BCUT2D eigenvalue weighted by Crippen LogP contribution is -2.26. The van der Waals surface area contributed by atoms with Crippen molar-refractivity contribution in [2.75, 3.05) is 0 Å². The van der Waals surface area contributed by atoms with Crippen LogP contribution in [0.4, 0.5) is 8.78 Å². The Morgan fingerprint density at radius 2 is 2.13 bits per heavy atom. The molecule has 1 amide bonds. The van der Waals surface area contributed by atoms with E-state index in [-0.39, 0.29) is 16.5 Å². The summed E-state index contributed by atoms with van der Waals surface area (Å²) >= 11 is 8.56. The van der Waals surface area contributed by atoms with Gasteiger partial charge in [-0.3, -0.25) is 4.79 Å². The Balaban J connectivity index is 3.00. The van der Waals surface area contributed by atoms with Crippen molar-refractivity contribution in [2.24, 2.45) is 5.73 Å². The molecule has 15 heavy (non-hydrogen) atoms. The average molecular weight is 299 g/mol. The van der Waals surface area contributed by atoms with Crippen LogP contribution in [-0.4, -0.2) is 11.3 Å². The Bertz CT molecular complexity index is 377. The van der Waals surface area contributed by atoms with Gasteiger partial charge in [-0.15, -0.1) is 11.6 Å². The molecule has 82 valence electrons. The maximum absolute atomic E-state index is 13.3. The van der Waals surface area contributed by atoms with Gasteiger partial charge in [0.2, 0.25) is 5.91 Å². The summed E-state index contributed by atoms with van der Waals surface area (Å²) in [7, 11) is 0. The Kier molecular flexibility index (Phi) is 4.04. The lowest BCUT2D eigenvalue weighted by molar-refractivity contribution is -0.117. The topological polar surface area (TPSA) is 43.1 Å². The molecule has 1 aromatic carbocycles. The van der Waals surface area contributed by atoms with Crippen LogP contribution >= 0.6 is 27.5 Å². The van der Waals surface area contributed by atoms with E-state index in [2.05, 4.69) is 15.9 Å². The van der Waals surface area contributed by atoms with Crippen LogP contribution in [-0.2, 0) is 11.2 Å².